The van der Waals surface area contributed by atoms with Gasteiger partial charge in [-0.05, 0) is 62.8 Å². The molecule has 1 aliphatic rings. The Morgan fingerprint density at radius 1 is 1.18 bits per heavy atom. The molecule has 1 unspecified atom stereocenters. The van der Waals surface area contributed by atoms with Crippen molar-refractivity contribution >= 4 is 17.6 Å². The van der Waals surface area contributed by atoms with Gasteiger partial charge in [-0.3, -0.25) is 0 Å². The molecular weight excluding hydrogens is 430 g/mol. The van der Waals surface area contributed by atoms with Crippen LogP contribution in [0, 0.1) is 0 Å². The third-order valence-corrected chi connectivity index (χ3v) is 5.71. The van der Waals surface area contributed by atoms with E-state index >= 15 is 0 Å². The van der Waals surface area contributed by atoms with Crippen LogP contribution in [0.3, 0.4) is 0 Å². The maximum Gasteiger partial charge on any atom is 0.326 e. The average molecular weight is 463 g/mol. The van der Waals surface area contributed by atoms with E-state index in [1.165, 1.54) is 18.1 Å². The zero-order valence-corrected chi connectivity index (χ0v) is 18.7. The number of carbonyl (C=O) groups is 1. The van der Waals surface area contributed by atoms with Crippen molar-refractivity contribution < 1.29 is 18.7 Å². The smallest absolute Gasteiger partial charge is 0.326 e. The Labute approximate surface area is 192 Å². The van der Waals surface area contributed by atoms with Crippen molar-refractivity contribution in [2.24, 2.45) is 0 Å². The third kappa shape index (κ3) is 8.53. The first-order valence-electron chi connectivity index (χ1n) is 11.5. The molecule has 0 saturated heterocycles. The third-order valence-electron chi connectivity index (χ3n) is 5.71. The van der Waals surface area contributed by atoms with Crippen LogP contribution < -0.4 is 10.6 Å². The van der Waals surface area contributed by atoms with E-state index in [1.54, 1.807) is 6.07 Å². The summed E-state index contributed by atoms with van der Waals surface area (Å²) < 4.78 is 25.6. The lowest BCUT2D eigenvalue weighted by molar-refractivity contribution is -0.138. The monoisotopic (exact) mass is 462 g/mol. The number of halogens is 2. The predicted octanol–water partition coefficient (Wildman–Crippen LogP) is 3.47. The van der Waals surface area contributed by atoms with E-state index in [0.29, 0.717) is 18.9 Å². The van der Waals surface area contributed by atoms with Crippen LogP contribution >= 0.6 is 0 Å². The van der Waals surface area contributed by atoms with Crippen LogP contribution in [0.15, 0.2) is 30.7 Å². The lowest BCUT2D eigenvalue weighted by Crippen LogP contribution is -2.36. The summed E-state index contributed by atoms with van der Waals surface area (Å²) >= 11 is 0. The van der Waals surface area contributed by atoms with Gasteiger partial charge in [-0.1, -0.05) is 6.07 Å². The molecule has 2 aromatic rings. The molecule has 180 valence electrons. The lowest BCUT2D eigenvalue weighted by Gasteiger charge is -2.24. The Morgan fingerprint density at radius 2 is 2.03 bits per heavy atom. The van der Waals surface area contributed by atoms with Crippen molar-refractivity contribution in [1.29, 1.82) is 0 Å². The number of hydrogen-bond donors (Lipinski definition) is 3. The normalized spacial score (nSPS) is 14.1. The number of fused-ring (bicyclic) bond motifs is 1. The number of aromatic nitrogens is 3. The zero-order chi connectivity index (χ0) is 23.5. The maximum atomic E-state index is 12.8. The summed E-state index contributed by atoms with van der Waals surface area (Å²) in [4.78, 5) is 26.1. The molecule has 10 heteroatoms. The molecule has 3 rings (SSSR count). The SMILES string of the molecule is O=C(O)C(CCN(CCCCc1ccc2c(n1)NCCC2)CCC(F)F)Nc1ccncn1. The van der Waals surface area contributed by atoms with Gasteiger partial charge >= 0.3 is 5.97 Å². The molecule has 0 bridgehead atoms. The van der Waals surface area contributed by atoms with E-state index in [9.17, 15) is 18.7 Å². The number of rotatable bonds is 14. The Hall–Kier alpha value is -2.88. The molecule has 0 saturated carbocycles. The Kier molecular flexibility index (Phi) is 9.74. The number of nitrogens with one attached hydrogen (secondary N) is 2. The second kappa shape index (κ2) is 13.0. The highest BCUT2D eigenvalue weighted by Gasteiger charge is 2.20. The van der Waals surface area contributed by atoms with Crippen molar-refractivity contribution in [2.45, 2.75) is 57.4 Å². The van der Waals surface area contributed by atoms with E-state index in [1.807, 2.05) is 4.90 Å². The van der Waals surface area contributed by atoms with Gasteiger partial charge in [-0.2, -0.15) is 0 Å². The van der Waals surface area contributed by atoms with E-state index in [4.69, 9.17) is 4.98 Å². The second-order valence-electron chi connectivity index (χ2n) is 8.24. The summed E-state index contributed by atoms with van der Waals surface area (Å²) in [6, 6.07) is 4.93. The maximum absolute atomic E-state index is 12.8. The fraction of sp³-hybridized carbons (Fsp3) is 0.565. The Bertz CT molecular complexity index is 871. The fourth-order valence-corrected chi connectivity index (χ4v) is 3.89. The second-order valence-corrected chi connectivity index (χ2v) is 8.24. The van der Waals surface area contributed by atoms with Gasteiger partial charge in [0.25, 0.3) is 0 Å². The summed E-state index contributed by atoms with van der Waals surface area (Å²) in [5, 5.41) is 15.7. The number of alkyl halides is 2. The van der Waals surface area contributed by atoms with Crippen molar-refractivity contribution in [3.8, 4) is 0 Å². The van der Waals surface area contributed by atoms with Crippen LogP contribution in [-0.2, 0) is 17.6 Å². The van der Waals surface area contributed by atoms with Crippen molar-refractivity contribution in [3.63, 3.8) is 0 Å². The minimum Gasteiger partial charge on any atom is -0.480 e. The van der Waals surface area contributed by atoms with Crippen LogP contribution in [0.25, 0.3) is 0 Å². The molecule has 0 amide bonds. The minimum absolute atomic E-state index is 0.227. The first kappa shape index (κ1) is 24.8. The summed E-state index contributed by atoms with van der Waals surface area (Å²) in [5.41, 5.74) is 2.29. The molecule has 0 spiro atoms. The van der Waals surface area contributed by atoms with Gasteiger partial charge in [0.1, 0.15) is 24.0 Å². The van der Waals surface area contributed by atoms with Crippen LogP contribution in [0.5, 0.6) is 0 Å². The first-order chi connectivity index (χ1) is 16.0. The molecule has 1 aliphatic heterocycles. The summed E-state index contributed by atoms with van der Waals surface area (Å²) in [6.07, 6.45) is 5.25. The van der Waals surface area contributed by atoms with Crippen molar-refractivity contribution in [3.05, 3.63) is 42.0 Å². The molecule has 3 heterocycles. The van der Waals surface area contributed by atoms with Crippen LogP contribution in [0.4, 0.5) is 20.4 Å². The highest BCUT2D eigenvalue weighted by atomic mass is 19.3. The molecule has 0 aliphatic carbocycles. The zero-order valence-electron chi connectivity index (χ0n) is 18.7. The molecule has 2 aromatic heterocycles. The number of nitrogens with zero attached hydrogens (tertiary/aromatic N) is 4. The highest BCUT2D eigenvalue weighted by Crippen LogP contribution is 2.20. The Morgan fingerprint density at radius 3 is 2.79 bits per heavy atom. The largest absolute Gasteiger partial charge is 0.480 e. The van der Waals surface area contributed by atoms with Gasteiger partial charge in [0, 0.05) is 37.9 Å². The van der Waals surface area contributed by atoms with Crippen LogP contribution in [-0.4, -0.2) is 69.6 Å². The standard InChI is InChI=1S/C23H32F2N6O2/c24-20(25)10-15-31(14-9-19(23(32)33)30-21-8-12-26-16-28-21)13-2-1-5-18-7-6-17-4-3-11-27-22(17)29-18/h6-8,12,16,19-20H,1-5,9-11,13-15H2,(H,27,29)(H,32,33)(H,26,28,30). The molecule has 0 fully saturated rings. The first-order valence-corrected chi connectivity index (χ1v) is 11.5. The number of aliphatic carboxylic acids is 1. The molecular formula is C23H32F2N6O2. The minimum atomic E-state index is -2.38. The van der Waals surface area contributed by atoms with Gasteiger partial charge < -0.3 is 20.6 Å². The summed E-state index contributed by atoms with van der Waals surface area (Å²) in [5.74, 6) is 0.395. The van der Waals surface area contributed by atoms with Crippen LogP contribution in [0.1, 0.15) is 43.4 Å². The van der Waals surface area contributed by atoms with Gasteiger partial charge in [0.15, 0.2) is 0 Å². The summed E-state index contributed by atoms with van der Waals surface area (Å²) in [7, 11) is 0. The molecule has 0 radical (unpaired) electrons. The van der Waals surface area contributed by atoms with Gasteiger partial charge in [-0.15, -0.1) is 0 Å². The van der Waals surface area contributed by atoms with E-state index in [0.717, 1.165) is 50.2 Å². The number of hydrogen-bond acceptors (Lipinski definition) is 7. The van der Waals surface area contributed by atoms with Gasteiger partial charge in [0.05, 0.1) is 0 Å². The van der Waals surface area contributed by atoms with Crippen molar-refractivity contribution in [1.82, 2.24) is 19.9 Å². The predicted molar refractivity (Wildman–Crippen MR) is 123 cm³/mol. The Balaban J connectivity index is 1.47. The van der Waals surface area contributed by atoms with Crippen LogP contribution in [0.2, 0.25) is 0 Å². The van der Waals surface area contributed by atoms with E-state index in [2.05, 4.69) is 32.7 Å². The van der Waals surface area contributed by atoms with Gasteiger partial charge in [-0.25, -0.2) is 28.5 Å². The molecule has 8 nitrogen and oxygen atoms in total. The number of pyridine rings is 1. The number of anilines is 2. The molecule has 3 N–H and O–H groups in total. The average Bonchev–Trinajstić information content (AvgIpc) is 2.82. The molecule has 33 heavy (non-hydrogen) atoms. The highest BCUT2D eigenvalue weighted by molar-refractivity contribution is 5.76. The molecule has 0 aromatic carbocycles. The van der Waals surface area contributed by atoms with Gasteiger partial charge in [0.2, 0.25) is 6.43 Å². The number of unbranched alkanes of at least 4 members (excludes halogenated alkanes) is 1. The number of carboxylic acid groups (broad SMARTS) is 1. The quantitative estimate of drug-likeness (QED) is 0.367. The van der Waals surface area contributed by atoms with E-state index in [-0.39, 0.29) is 19.4 Å². The number of aryl methyl sites for hydroxylation is 2. The topological polar surface area (TPSA) is 103 Å². The summed E-state index contributed by atoms with van der Waals surface area (Å²) in [6.45, 7) is 2.23. The molecule has 1 atom stereocenters. The number of carboxylic acids is 1. The fourth-order valence-electron chi connectivity index (χ4n) is 3.89. The lowest BCUT2D eigenvalue weighted by atomic mass is 10.1. The van der Waals surface area contributed by atoms with Crippen molar-refractivity contribution in [2.75, 3.05) is 36.8 Å². The van der Waals surface area contributed by atoms with E-state index < -0.39 is 18.4 Å².